The standard InChI is InChI=1S/C24H24N2O6/c1-15-3-7-17(8-4-15)22(27)30-14-20-19(13-21(31-20)26-12-11-25-24(26)29)32-23(28)18-9-5-16(2)6-10-18/h3-12,19-21H,13-14H2,1-2H3,(H,25,29)/t19?,20-,21-/m1/s1. The number of carbonyl (C=O) groups excluding carboxylic acids is 2. The smallest absolute Gasteiger partial charge is 0.338 e. The van der Waals surface area contributed by atoms with E-state index < -0.39 is 30.4 Å². The Hall–Kier alpha value is -3.65. The van der Waals surface area contributed by atoms with Crippen molar-refractivity contribution in [2.75, 3.05) is 6.61 Å². The third kappa shape index (κ3) is 4.81. The minimum atomic E-state index is -0.717. The van der Waals surface area contributed by atoms with Gasteiger partial charge in [-0.25, -0.2) is 14.4 Å². The Balaban J connectivity index is 1.47. The second-order valence-corrected chi connectivity index (χ2v) is 7.81. The number of carbonyl (C=O) groups is 2. The second-order valence-electron chi connectivity index (χ2n) is 7.81. The summed E-state index contributed by atoms with van der Waals surface area (Å²) < 4.78 is 18.5. The first-order valence-electron chi connectivity index (χ1n) is 10.3. The Bertz CT molecular complexity index is 1150. The zero-order valence-electron chi connectivity index (χ0n) is 17.8. The summed E-state index contributed by atoms with van der Waals surface area (Å²) >= 11 is 0. The van der Waals surface area contributed by atoms with Gasteiger partial charge >= 0.3 is 17.6 Å². The van der Waals surface area contributed by atoms with Gasteiger partial charge in [0.05, 0.1) is 11.1 Å². The van der Waals surface area contributed by atoms with Gasteiger partial charge in [-0.15, -0.1) is 0 Å². The molecule has 32 heavy (non-hydrogen) atoms. The number of hydrogen-bond acceptors (Lipinski definition) is 6. The van der Waals surface area contributed by atoms with Crippen molar-refractivity contribution in [2.24, 2.45) is 0 Å². The molecule has 0 spiro atoms. The highest BCUT2D eigenvalue weighted by Gasteiger charge is 2.40. The molecule has 0 bridgehead atoms. The summed E-state index contributed by atoms with van der Waals surface area (Å²) in [7, 11) is 0. The Kier molecular flexibility index (Phi) is 6.23. The number of ether oxygens (including phenoxy) is 3. The third-order valence-electron chi connectivity index (χ3n) is 5.38. The fraction of sp³-hybridized carbons (Fsp3) is 0.292. The van der Waals surface area contributed by atoms with E-state index in [1.165, 1.54) is 10.8 Å². The number of aromatic nitrogens is 2. The average molecular weight is 436 g/mol. The highest BCUT2D eigenvalue weighted by atomic mass is 16.6. The van der Waals surface area contributed by atoms with Gasteiger partial charge in [-0.1, -0.05) is 35.4 Å². The van der Waals surface area contributed by atoms with Crippen LogP contribution < -0.4 is 5.69 Å². The Morgan fingerprint density at radius 3 is 2.16 bits per heavy atom. The fourth-order valence-electron chi connectivity index (χ4n) is 3.53. The van der Waals surface area contributed by atoms with E-state index in [0.717, 1.165) is 11.1 Å². The summed E-state index contributed by atoms with van der Waals surface area (Å²) in [6, 6.07) is 14.0. The molecule has 1 saturated heterocycles. The first-order chi connectivity index (χ1) is 15.4. The summed E-state index contributed by atoms with van der Waals surface area (Å²) in [4.78, 5) is 39.6. The molecule has 8 nitrogen and oxygen atoms in total. The van der Waals surface area contributed by atoms with Crippen LogP contribution in [0.4, 0.5) is 0 Å². The second kappa shape index (κ2) is 9.23. The lowest BCUT2D eigenvalue weighted by atomic mass is 10.1. The van der Waals surface area contributed by atoms with E-state index in [0.29, 0.717) is 11.1 Å². The number of hydrogen-bond donors (Lipinski definition) is 1. The van der Waals surface area contributed by atoms with E-state index in [2.05, 4.69) is 4.98 Å². The van der Waals surface area contributed by atoms with E-state index in [-0.39, 0.29) is 18.7 Å². The first-order valence-corrected chi connectivity index (χ1v) is 10.3. The van der Waals surface area contributed by atoms with Crippen LogP contribution in [0.5, 0.6) is 0 Å². The summed E-state index contributed by atoms with van der Waals surface area (Å²) in [6.45, 7) is 3.74. The molecule has 3 aromatic rings. The maximum atomic E-state index is 12.6. The number of esters is 2. The number of aromatic amines is 1. The molecule has 0 saturated carbocycles. The Labute approximate surface area is 184 Å². The van der Waals surface area contributed by atoms with Gasteiger partial charge in [-0.05, 0) is 38.1 Å². The van der Waals surface area contributed by atoms with Crippen molar-refractivity contribution in [3.63, 3.8) is 0 Å². The molecular weight excluding hydrogens is 412 g/mol. The molecule has 8 heteroatoms. The van der Waals surface area contributed by atoms with Crippen LogP contribution in [0.2, 0.25) is 0 Å². The topological polar surface area (TPSA) is 99.6 Å². The predicted octanol–water partition coefficient (Wildman–Crippen LogP) is 3.16. The normalized spacial score (nSPS) is 20.1. The quantitative estimate of drug-likeness (QED) is 0.596. The van der Waals surface area contributed by atoms with Crippen molar-refractivity contribution in [1.82, 2.24) is 9.55 Å². The molecule has 1 aromatic heterocycles. The Morgan fingerprint density at radius 1 is 1.00 bits per heavy atom. The lowest BCUT2D eigenvalue weighted by molar-refractivity contribution is -0.0578. The molecule has 166 valence electrons. The molecule has 3 atom stereocenters. The van der Waals surface area contributed by atoms with Crippen LogP contribution in [-0.2, 0) is 14.2 Å². The molecule has 2 aromatic carbocycles. The SMILES string of the molecule is Cc1ccc(C(=O)OC[C@H]2O[C@@H](n3cc[nH]c3=O)CC2OC(=O)c2ccc(C)cc2)cc1. The van der Waals surface area contributed by atoms with Gasteiger partial charge in [0, 0.05) is 18.8 Å². The minimum absolute atomic E-state index is 0.117. The zero-order valence-corrected chi connectivity index (χ0v) is 17.8. The maximum Gasteiger partial charge on any atom is 0.338 e. The lowest BCUT2D eigenvalue weighted by Crippen LogP contribution is -2.32. The van der Waals surface area contributed by atoms with E-state index in [1.807, 2.05) is 38.1 Å². The monoisotopic (exact) mass is 436 g/mol. The largest absolute Gasteiger partial charge is 0.459 e. The Morgan fingerprint density at radius 2 is 1.59 bits per heavy atom. The summed E-state index contributed by atoms with van der Waals surface area (Å²) in [5.41, 5.74) is 2.55. The van der Waals surface area contributed by atoms with Gasteiger partial charge in [-0.3, -0.25) is 4.57 Å². The third-order valence-corrected chi connectivity index (χ3v) is 5.38. The van der Waals surface area contributed by atoms with Gasteiger partial charge in [0.15, 0.2) is 0 Å². The molecule has 0 amide bonds. The number of nitrogens with zero attached hydrogens (tertiary/aromatic N) is 1. The van der Waals surface area contributed by atoms with E-state index in [4.69, 9.17) is 14.2 Å². The van der Waals surface area contributed by atoms with Crippen molar-refractivity contribution in [2.45, 2.75) is 38.7 Å². The van der Waals surface area contributed by atoms with Crippen LogP contribution >= 0.6 is 0 Å². The molecule has 0 aliphatic carbocycles. The molecule has 1 N–H and O–H groups in total. The molecule has 0 radical (unpaired) electrons. The predicted molar refractivity (Wildman–Crippen MR) is 115 cm³/mol. The number of nitrogens with one attached hydrogen (secondary N) is 1. The van der Waals surface area contributed by atoms with E-state index in [1.54, 1.807) is 30.5 Å². The van der Waals surface area contributed by atoms with Crippen molar-refractivity contribution >= 4 is 11.9 Å². The lowest BCUT2D eigenvalue weighted by Gasteiger charge is -2.19. The average Bonchev–Trinajstić information content (AvgIpc) is 3.38. The molecule has 4 rings (SSSR count). The highest BCUT2D eigenvalue weighted by Crippen LogP contribution is 2.31. The number of imidazole rings is 1. The van der Waals surface area contributed by atoms with Gasteiger partial charge in [0.1, 0.15) is 25.0 Å². The number of aryl methyl sites for hydroxylation is 2. The van der Waals surface area contributed by atoms with Crippen LogP contribution in [0.25, 0.3) is 0 Å². The van der Waals surface area contributed by atoms with Gasteiger partial charge < -0.3 is 19.2 Å². The van der Waals surface area contributed by atoms with Crippen LogP contribution in [-0.4, -0.2) is 40.3 Å². The van der Waals surface area contributed by atoms with Crippen LogP contribution in [0.3, 0.4) is 0 Å². The van der Waals surface area contributed by atoms with E-state index in [9.17, 15) is 14.4 Å². The van der Waals surface area contributed by atoms with Gasteiger partial charge in [0.2, 0.25) is 0 Å². The van der Waals surface area contributed by atoms with Gasteiger partial charge in [-0.2, -0.15) is 0 Å². The first kappa shape index (κ1) is 21.6. The minimum Gasteiger partial charge on any atom is -0.459 e. The molecule has 2 heterocycles. The molecule has 1 unspecified atom stereocenters. The molecule has 1 aliphatic heterocycles. The summed E-state index contributed by atoms with van der Waals surface area (Å²) in [5, 5.41) is 0. The molecule has 1 aliphatic rings. The number of rotatable bonds is 6. The number of benzene rings is 2. The van der Waals surface area contributed by atoms with Gasteiger partial charge in [0.25, 0.3) is 0 Å². The fourth-order valence-corrected chi connectivity index (χ4v) is 3.53. The zero-order chi connectivity index (χ0) is 22.7. The highest BCUT2D eigenvalue weighted by molar-refractivity contribution is 5.90. The maximum absolute atomic E-state index is 12.6. The molecular formula is C24H24N2O6. The number of H-pyrrole nitrogens is 1. The van der Waals surface area contributed by atoms with Crippen LogP contribution in [0.1, 0.15) is 44.5 Å². The van der Waals surface area contributed by atoms with Crippen molar-refractivity contribution in [3.8, 4) is 0 Å². The summed E-state index contributed by atoms with van der Waals surface area (Å²) in [5.74, 6) is -1.00. The summed E-state index contributed by atoms with van der Waals surface area (Å²) in [6.07, 6.45) is 1.26. The van der Waals surface area contributed by atoms with E-state index >= 15 is 0 Å². The van der Waals surface area contributed by atoms with Crippen LogP contribution in [0, 0.1) is 13.8 Å². The van der Waals surface area contributed by atoms with Crippen LogP contribution in [0.15, 0.2) is 65.7 Å². The molecule has 1 fully saturated rings. The van der Waals surface area contributed by atoms with Crippen molar-refractivity contribution < 1.29 is 23.8 Å². The van der Waals surface area contributed by atoms with Crippen molar-refractivity contribution in [1.29, 1.82) is 0 Å². The van der Waals surface area contributed by atoms with Crippen molar-refractivity contribution in [3.05, 3.63) is 93.7 Å².